The van der Waals surface area contributed by atoms with Crippen LogP contribution in [0.1, 0.15) is 28.8 Å². The van der Waals surface area contributed by atoms with Gasteiger partial charge in [0, 0.05) is 44.0 Å². The molecule has 0 spiro atoms. The van der Waals surface area contributed by atoms with Crippen molar-refractivity contribution >= 4 is 23.3 Å². The van der Waals surface area contributed by atoms with Crippen LogP contribution < -0.4 is 15.5 Å². The summed E-state index contributed by atoms with van der Waals surface area (Å²) in [5.74, 6) is 0.868. The SMILES string of the molecule is CN(CCCNC(=O)c1ccc2c(c1)CCC(=O)N2)c1ccccn1. The molecule has 130 valence electrons. The molecule has 1 aliphatic heterocycles. The summed E-state index contributed by atoms with van der Waals surface area (Å²) in [5.41, 5.74) is 2.46. The summed E-state index contributed by atoms with van der Waals surface area (Å²) < 4.78 is 0. The molecule has 0 fully saturated rings. The van der Waals surface area contributed by atoms with Crippen molar-refractivity contribution < 1.29 is 9.59 Å². The molecule has 1 aromatic carbocycles. The summed E-state index contributed by atoms with van der Waals surface area (Å²) in [5, 5.41) is 5.77. The standard InChI is InChI=1S/C19H22N4O2/c1-23(17-5-2-3-10-20-17)12-4-11-21-19(25)15-6-8-16-14(13-15)7-9-18(24)22-16/h2-3,5-6,8,10,13H,4,7,9,11-12H2,1H3,(H,21,25)(H,22,24). The van der Waals surface area contributed by atoms with Crippen molar-refractivity contribution in [3.05, 3.63) is 53.7 Å². The Balaban J connectivity index is 1.47. The zero-order valence-electron chi connectivity index (χ0n) is 14.3. The fourth-order valence-electron chi connectivity index (χ4n) is 2.84. The highest BCUT2D eigenvalue weighted by molar-refractivity contribution is 5.97. The van der Waals surface area contributed by atoms with Gasteiger partial charge in [0.2, 0.25) is 5.91 Å². The van der Waals surface area contributed by atoms with Crippen molar-refractivity contribution in [2.45, 2.75) is 19.3 Å². The fourth-order valence-corrected chi connectivity index (χ4v) is 2.84. The van der Waals surface area contributed by atoms with E-state index in [0.717, 1.165) is 30.0 Å². The van der Waals surface area contributed by atoms with Crippen molar-refractivity contribution in [1.29, 1.82) is 0 Å². The van der Waals surface area contributed by atoms with Crippen molar-refractivity contribution in [2.24, 2.45) is 0 Å². The summed E-state index contributed by atoms with van der Waals surface area (Å²) in [4.78, 5) is 30.0. The molecule has 1 aromatic heterocycles. The number of nitrogens with one attached hydrogen (secondary N) is 2. The Bertz CT molecular complexity index is 761. The highest BCUT2D eigenvalue weighted by Crippen LogP contribution is 2.23. The molecule has 6 nitrogen and oxygen atoms in total. The quantitative estimate of drug-likeness (QED) is 0.792. The smallest absolute Gasteiger partial charge is 0.251 e. The summed E-state index contributed by atoms with van der Waals surface area (Å²) in [6, 6.07) is 11.2. The third-order valence-corrected chi connectivity index (χ3v) is 4.26. The van der Waals surface area contributed by atoms with Gasteiger partial charge < -0.3 is 15.5 Å². The average molecular weight is 338 g/mol. The van der Waals surface area contributed by atoms with Crippen molar-refractivity contribution in [2.75, 3.05) is 30.4 Å². The van der Waals surface area contributed by atoms with Crippen LogP contribution in [0.5, 0.6) is 0 Å². The van der Waals surface area contributed by atoms with E-state index in [1.807, 2.05) is 31.3 Å². The van der Waals surface area contributed by atoms with Crippen LogP contribution in [-0.2, 0) is 11.2 Å². The van der Waals surface area contributed by atoms with Gasteiger partial charge in [0.05, 0.1) is 0 Å². The van der Waals surface area contributed by atoms with Gasteiger partial charge in [-0.3, -0.25) is 9.59 Å². The minimum Gasteiger partial charge on any atom is -0.360 e. The molecular weight excluding hydrogens is 316 g/mol. The van der Waals surface area contributed by atoms with E-state index < -0.39 is 0 Å². The largest absolute Gasteiger partial charge is 0.360 e. The number of aromatic nitrogens is 1. The topological polar surface area (TPSA) is 74.3 Å². The summed E-state index contributed by atoms with van der Waals surface area (Å²) in [7, 11) is 1.99. The van der Waals surface area contributed by atoms with E-state index in [2.05, 4.69) is 20.5 Å². The van der Waals surface area contributed by atoms with Crippen molar-refractivity contribution in [3.8, 4) is 0 Å². The maximum Gasteiger partial charge on any atom is 0.251 e. The van der Waals surface area contributed by atoms with E-state index >= 15 is 0 Å². The van der Waals surface area contributed by atoms with Gasteiger partial charge in [0.1, 0.15) is 5.82 Å². The lowest BCUT2D eigenvalue weighted by Gasteiger charge is -2.18. The number of anilines is 2. The Kier molecular flexibility index (Phi) is 5.28. The van der Waals surface area contributed by atoms with Crippen LogP contribution in [0, 0.1) is 0 Å². The van der Waals surface area contributed by atoms with E-state index in [-0.39, 0.29) is 11.8 Å². The third kappa shape index (κ3) is 4.35. The second-order valence-corrected chi connectivity index (χ2v) is 6.14. The predicted octanol–water partition coefficient (Wildman–Crippen LogP) is 2.22. The second kappa shape index (κ2) is 7.79. The van der Waals surface area contributed by atoms with Crippen molar-refractivity contribution in [1.82, 2.24) is 10.3 Å². The first-order valence-electron chi connectivity index (χ1n) is 8.46. The Morgan fingerprint density at radius 2 is 2.16 bits per heavy atom. The number of fused-ring (bicyclic) bond motifs is 1. The Morgan fingerprint density at radius 1 is 1.28 bits per heavy atom. The second-order valence-electron chi connectivity index (χ2n) is 6.14. The molecule has 0 saturated carbocycles. The molecule has 0 radical (unpaired) electrons. The van der Waals surface area contributed by atoms with Gasteiger partial charge in [-0.1, -0.05) is 6.07 Å². The molecule has 25 heavy (non-hydrogen) atoms. The molecule has 2 aromatic rings. The molecule has 0 bridgehead atoms. The lowest BCUT2D eigenvalue weighted by molar-refractivity contribution is -0.116. The number of hydrogen-bond donors (Lipinski definition) is 2. The molecule has 2 N–H and O–H groups in total. The number of rotatable bonds is 6. The predicted molar refractivity (Wildman–Crippen MR) is 97.8 cm³/mol. The summed E-state index contributed by atoms with van der Waals surface area (Å²) >= 11 is 0. The Hall–Kier alpha value is -2.89. The minimum absolute atomic E-state index is 0.0294. The molecule has 0 saturated heterocycles. The third-order valence-electron chi connectivity index (χ3n) is 4.26. The van der Waals surface area contributed by atoms with Crippen LogP contribution in [0.2, 0.25) is 0 Å². The normalized spacial score (nSPS) is 12.9. The van der Waals surface area contributed by atoms with E-state index in [9.17, 15) is 9.59 Å². The number of amides is 2. The lowest BCUT2D eigenvalue weighted by Crippen LogP contribution is -2.28. The van der Waals surface area contributed by atoms with Crippen LogP contribution in [-0.4, -0.2) is 36.9 Å². The van der Waals surface area contributed by atoms with Crippen LogP contribution in [0.15, 0.2) is 42.6 Å². The molecular formula is C19H22N4O2. The van der Waals surface area contributed by atoms with Gasteiger partial charge >= 0.3 is 0 Å². The van der Waals surface area contributed by atoms with Gasteiger partial charge in [-0.15, -0.1) is 0 Å². The highest BCUT2D eigenvalue weighted by Gasteiger charge is 2.16. The first-order valence-corrected chi connectivity index (χ1v) is 8.46. The van der Waals surface area contributed by atoms with Gasteiger partial charge in [0.25, 0.3) is 5.91 Å². The number of nitrogens with zero attached hydrogens (tertiary/aromatic N) is 2. The van der Waals surface area contributed by atoms with Gasteiger partial charge in [-0.25, -0.2) is 4.98 Å². The number of benzene rings is 1. The molecule has 2 heterocycles. The molecule has 1 aliphatic rings. The number of carbonyl (C=O) groups excluding carboxylic acids is 2. The van der Waals surface area contributed by atoms with Gasteiger partial charge in [-0.05, 0) is 48.7 Å². The van der Waals surface area contributed by atoms with E-state index in [4.69, 9.17) is 0 Å². The van der Waals surface area contributed by atoms with Crippen LogP contribution in [0.3, 0.4) is 0 Å². The highest BCUT2D eigenvalue weighted by atomic mass is 16.2. The maximum absolute atomic E-state index is 12.3. The van der Waals surface area contributed by atoms with E-state index in [1.165, 1.54) is 0 Å². The molecule has 0 unspecified atom stereocenters. The fraction of sp³-hybridized carbons (Fsp3) is 0.316. The van der Waals surface area contributed by atoms with Crippen molar-refractivity contribution in [3.63, 3.8) is 0 Å². The number of pyridine rings is 1. The zero-order chi connectivity index (χ0) is 17.6. The molecule has 2 amide bonds. The summed E-state index contributed by atoms with van der Waals surface area (Å²) in [6.07, 6.45) is 3.75. The van der Waals surface area contributed by atoms with Crippen LogP contribution >= 0.6 is 0 Å². The Morgan fingerprint density at radius 3 is 2.96 bits per heavy atom. The first kappa shape index (κ1) is 17.0. The molecule has 0 atom stereocenters. The lowest BCUT2D eigenvalue weighted by atomic mass is 10.00. The number of hydrogen-bond acceptors (Lipinski definition) is 4. The minimum atomic E-state index is -0.0832. The van der Waals surface area contributed by atoms with Crippen LogP contribution in [0.25, 0.3) is 0 Å². The summed E-state index contributed by atoms with van der Waals surface area (Å²) in [6.45, 7) is 1.41. The average Bonchev–Trinajstić information content (AvgIpc) is 2.65. The molecule has 0 aliphatic carbocycles. The number of aryl methyl sites for hydroxylation is 1. The Labute approximate surface area is 147 Å². The maximum atomic E-state index is 12.3. The molecule has 6 heteroatoms. The number of carbonyl (C=O) groups is 2. The van der Waals surface area contributed by atoms with E-state index in [0.29, 0.717) is 24.9 Å². The van der Waals surface area contributed by atoms with E-state index in [1.54, 1.807) is 18.3 Å². The van der Waals surface area contributed by atoms with Gasteiger partial charge in [0.15, 0.2) is 0 Å². The van der Waals surface area contributed by atoms with Crippen LogP contribution in [0.4, 0.5) is 11.5 Å². The monoisotopic (exact) mass is 338 g/mol. The zero-order valence-corrected chi connectivity index (χ0v) is 14.3. The first-order chi connectivity index (χ1) is 12.1. The van der Waals surface area contributed by atoms with Gasteiger partial charge in [-0.2, -0.15) is 0 Å². The molecule has 3 rings (SSSR count).